The first-order chi connectivity index (χ1) is 25.5. The summed E-state index contributed by atoms with van der Waals surface area (Å²) in [5, 5.41) is 0. The van der Waals surface area contributed by atoms with E-state index in [0.717, 1.165) is 51.4 Å². The quantitative estimate of drug-likeness (QED) is 0.0199. The van der Waals surface area contributed by atoms with Gasteiger partial charge in [-0.05, 0) is 38.5 Å². The summed E-state index contributed by atoms with van der Waals surface area (Å²) in [7, 11) is 1.17. The summed E-state index contributed by atoms with van der Waals surface area (Å²) in [6.45, 7) is 4.21. The zero-order valence-corrected chi connectivity index (χ0v) is 36.1. The first kappa shape index (κ1) is 51.8. The molecule has 0 aliphatic rings. The van der Waals surface area contributed by atoms with E-state index < -0.39 is 32.5 Å². The molecular formula is C43H84NO8P. The van der Waals surface area contributed by atoms with Crippen molar-refractivity contribution in [3.05, 3.63) is 12.2 Å². The van der Waals surface area contributed by atoms with Crippen molar-refractivity contribution in [3.8, 4) is 0 Å². The molecule has 0 saturated carbocycles. The Morgan fingerprint density at radius 1 is 0.566 bits per heavy atom. The fourth-order valence-electron chi connectivity index (χ4n) is 6.06. The van der Waals surface area contributed by atoms with Gasteiger partial charge >= 0.3 is 11.9 Å². The van der Waals surface area contributed by atoms with Gasteiger partial charge in [0.15, 0.2) is 6.10 Å². The molecule has 314 valence electrons. The zero-order valence-electron chi connectivity index (χ0n) is 35.2. The Morgan fingerprint density at radius 3 is 1.43 bits per heavy atom. The van der Waals surface area contributed by atoms with Crippen LogP contribution in [0.5, 0.6) is 0 Å². The normalized spacial score (nSPS) is 13.7. The molecule has 0 fully saturated rings. The molecule has 0 aliphatic heterocycles. The maximum Gasteiger partial charge on any atom is 0.306 e. The number of carbonyl (C=O) groups is 2. The lowest BCUT2D eigenvalue weighted by molar-refractivity contribution is -0.870. The van der Waals surface area contributed by atoms with Crippen LogP contribution in [0.1, 0.15) is 200 Å². The van der Waals surface area contributed by atoms with Gasteiger partial charge < -0.3 is 27.9 Å². The number of carbonyl (C=O) groups excluding carboxylic acids is 2. The van der Waals surface area contributed by atoms with Gasteiger partial charge in [0.1, 0.15) is 19.8 Å². The van der Waals surface area contributed by atoms with E-state index in [9.17, 15) is 19.0 Å². The van der Waals surface area contributed by atoms with Crippen molar-refractivity contribution < 1.29 is 42.1 Å². The average Bonchev–Trinajstić information content (AvgIpc) is 3.10. The molecule has 10 heteroatoms. The van der Waals surface area contributed by atoms with Gasteiger partial charge in [-0.1, -0.05) is 161 Å². The minimum Gasteiger partial charge on any atom is -0.756 e. The minimum atomic E-state index is -4.62. The zero-order chi connectivity index (χ0) is 39.3. The van der Waals surface area contributed by atoms with E-state index in [1.807, 2.05) is 21.1 Å². The Hall–Kier alpha value is -1.25. The molecule has 0 bridgehead atoms. The third-order valence-electron chi connectivity index (χ3n) is 9.54. The number of phosphoric ester groups is 1. The predicted molar refractivity (Wildman–Crippen MR) is 218 cm³/mol. The summed E-state index contributed by atoms with van der Waals surface area (Å²) >= 11 is 0. The van der Waals surface area contributed by atoms with Gasteiger partial charge in [-0.2, -0.15) is 0 Å². The first-order valence-corrected chi connectivity index (χ1v) is 23.4. The maximum atomic E-state index is 12.7. The van der Waals surface area contributed by atoms with E-state index in [2.05, 4.69) is 26.0 Å². The Kier molecular flexibility index (Phi) is 35.5. The van der Waals surface area contributed by atoms with Crippen molar-refractivity contribution >= 4 is 19.8 Å². The number of esters is 2. The summed E-state index contributed by atoms with van der Waals surface area (Å²) in [6, 6.07) is 0. The number of likely N-dealkylation sites (N-methyl/N-ethyl adjacent to an activating group) is 1. The van der Waals surface area contributed by atoms with Gasteiger partial charge in [-0.25, -0.2) is 0 Å². The highest BCUT2D eigenvalue weighted by Crippen LogP contribution is 2.38. The van der Waals surface area contributed by atoms with Crippen LogP contribution in [0.15, 0.2) is 12.2 Å². The molecule has 9 nitrogen and oxygen atoms in total. The van der Waals surface area contributed by atoms with E-state index in [1.165, 1.54) is 116 Å². The molecule has 1 unspecified atom stereocenters. The number of ether oxygens (including phenoxy) is 2. The van der Waals surface area contributed by atoms with Crippen molar-refractivity contribution in [1.29, 1.82) is 0 Å². The molecule has 0 N–H and O–H groups in total. The number of unbranched alkanes of at least 4 members (excludes halogenated alkanes) is 24. The van der Waals surface area contributed by atoms with E-state index in [-0.39, 0.29) is 26.1 Å². The summed E-state index contributed by atoms with van der Waals surface area (Å²) in [6.07, 6.45) is 36.6. The molecule has 0 aliphatic carbocycles. The SMILES string of the molecule is CCCCC/C=C\CCCCCCCC(=O)OC[C@H](COP(=O)([O-])OCC[N+](C)(C)C)OC(=O)CCCCCCCCCCCCCCCCCCC. The molecule has 0 aromatic carbocycles. The summed E-state index contributed by atoms with van der Waals surface area (Å²) in [4.78, 5) is 37.5. The van der Waals surface area contributed by atoms with Gasteiger partial charge in [0.25, 0.3) is 7.82 Å². The highest BCUT2D eigenvalue weighted by atomic mass is 31.2. The van der Waals surface area contributed by atoms with Gasteiger partial charge in [0.05, 0.1) is 27.7 Å². The average molecular weight is 774 g/mol. The number of phosphoric acid groups is 1. The molecule has 0 spiro atoms. The third-order valence-corrected chi connectivity index (χ3v) is 10.5. The Balaban J connectivity index is 4.32. The largest absolute Gasteiger partial charge is 0.756 e. The first-order valence-electron chi connectivity index (χ1n) is 21.9. The number of allylic oxidation sites excluding steroid dienone is 2. The van der Waals surface area contributed by atoms with Crippen LogP contribution in [0.4, 0.5) is 0 Å². The fraction of sp³-hybridized carbons (Fsp3) is 0.907. The number of hydrogen-bond acceptors (Lipinski definition) is 8. The Morgan fingerprint density at radius 2 is 0.962 bits per heavy atom. The van der Waals surface area contributed by atoms with Crippen molar-refractivity contribution in [2.45, 2.75) is 206 Å². The second-order valence-corrected chi connectivity index (χ2v) is 17.5. The van der Waals surface area contributed by atoms with Crippen LogP contribution in [0.2, 0.25) is 0 Å². The van der Waals surface area contributed by atoms with Gasteiger partial charge in [-0.3, -0.25) is 14.2 Å². The number of quaternary nitrogens is 1. The number of hydrogen-bond donors (Lipinski definition) is 0. The molecule has 0 aromatic heterocycles. The van der Waals surface area contributed by atoms with E-state index in [4.69, 9.17) is 18.5 Å². The lowest BCUT2D eigenvalue weighted by Gasteiger charge is -2.28. The fourth-order valence-corrected chi connectivity index (χ4v) is 6.79. The van der Waals surface area contributed by atoms with Gasteiger partial charge in [0.2, 0.25) is 0 Å². The van der Waals surface area contributed by atoms with Crippen molar-refractivity contribution in [3.63, 3.8) is 0 Å². The van der Waals surface area contributed by atoms with Crippen LogP contribution in [-0.2, 0) is 32.7 Å². The van der Waals surface area contributed by atoms with Crippen LogP contribution in [0.3, 0.4) is 0 Å². The van der Waals surface area contributed by atoms with Crippen LogP contribution < -0.4 is 4.89 Å². The molecule has 0 rings (SSSR count). The molecule has 0 aromatic rings. The summed E-state index contributed by atoms with van der Waals surface area (Å²) in [5.41, 5.74) is 0. The smallest absolute Gasteiger partial charge is 0.306 e. The molecule has 53 heavy (non-hydrogen) atoms. The lowest BCUT2D eigenvalue weighted by atomic mass is 10.0. The second-order valence-electron chi connectivity index (χ2n) is 16.1. The Bertz CT molecular complexity index is 922. The van der Waals surface area contributed by atoms with Crippen LogP contribution in [-0.4, -0.2) is 70.0 Å². The van der Waals surface area contributed by atoms with Crippen molar-refractivity contribution in [2.24, 2.45) is 0 Å². The molecule has 0 radical (unpaired) electrons. The van der Waals surface area contributed by atoms with Crippen LogP contribution in [0, 0.1) is 0 Å². The highest BCUT2D eigenvalue weighted by molar-refractivity contribution is 7.45. The third kappa shape index (κ3) is 40.2. The Labute approximate surface area is 326 Å². The molecular weight excluding hydrogens is 689 g/mol. The maximum absolute atomic E-state index is 12.7. The highest BCUT2D eigenvalue weighted by Gasteiger charge is 2.21. The van der Waals surface area contributed by atoms with Crippen molar-refractivity contribution in [1.82, 2.24) is 0 Å². The summed E-state index contributed by atoms with van der Waals surface area (Å²) in [5.74, 6) is -0.836. The minimum absolute atomic E-state index is 0.0290. The van der Waals surface area contributed by atoms with Gasteiger partial charge in [-0.15, -0.1) is 0 Å². The summed E-state index contributed by atoms with van der Waals surface area (Å²) < 4.78 is 33.9. The number of rotatable bonds is 40. The molecule has 2 atom stereocenters. The van der Waals surface area contributed by atoms with E-state index in [0.29, 0.717) is 17.4 Å². The lowest BCUT2D eigenvalue weighted by Crippen LogP contribution is -2.37. The second kappa shape index (κ2) is 36.4. The van der Waals surface area contributed by atoms with Crippen molar-refractivity contribution in [2.75, 3.05) is 47.5 Å². The van der Waals surface area contributed by atoms with E-state index >= 15 is 0 Å². The van der Waals surface area contributed by atoms with Crippen LogP contribution >= 0.6 is 7.82 Å². The predicted octanol–water partition coefficient (Wildman–Crippen LogP) is 11.6. The van der Waals surface area contributed by atoms with Gasteiger partial charge in [0, 0.05) is 12.8 Å². The van der Waals surface area contributed by atoms with Crippen LogP contribution in [0.25, 0.3) is 0 Å². The standard InChI is InChI=1S/C43H84NO8P/c1-6-8-10-12-14-16-18-20-21-22-23-24-26-28-30-32-34-36-43(46)52-41(40-51-53(47,48)50-38-37-44(3,4)5)39-49-42(45)35-33-31-29-27-25-19-17-15-13-11-9-7-2/h15,17,41H,6-14,16,18-40H2,1-5H3/b17-15-/t41-/m1/s1. The van der Waals surface area contributed by atoms with E-state index in [1.54, 1.807) is 0 Å². The molecule has 0 amide bonds. The molecule has 0 heterocycles. The topological polar surface area (TPSA) is 111 Å². The monoisotopic (exact) mass is 774 g/mol. The molecule has 0 saturated heterocycles. The number of nitrogens with zero attached hydrogens (tertiary/aromatic N) is 1.